The molecule has 1 aromatic heterocycles. The van der Waals surface area contributed by atoms with E-state index in [-0.39, 0.29) is 0 Å². The molecule has 1 aliphatic carbocycles. The van der Waals surface area contributed by atoms with Gasteiger partial charge in [0.1, 0.15) is 0 Å². The Kier molecular flexibility index (Phi) is 3.88. The van der Waals surface area contributed by atoms with Crippen molar-refractivity contribution in [2.45, 2.75) is 38.8 Å². The summed E-state index contributed by atoms with van der Waals surface area (Å²) in [6.07, 6.45) is 5.73. The number of benzene rings is 1. The molecule has 1 saturated carbocycles. The van der Waals surface area contributed by atoms with E-state index in [1.165, 1.54) is 29.7 Å². The van der Waals surface area contributed by atoms with Crippen LogP contribution in [-0.2, 0) is 20.0 Å². The van der Waals surface area contributed by atoms with Gasteiger partial charge in [-0.2, -0.15) is 5.10 Å². The van der Waals surface area contributed by atoms with Crippen molar-refractivity contribution < 1.29 is 0 Å². The zero-order valence-electron chi connectivity index (χ0n) is 12.3. The lowest BCUT2D eigenvalue weighted by Gasteiger charge is -2.18. The monoisotopic (exact) mass is 269 g/mol. The molecule has 1 aromatic carbocycles. The highest BCUT2D eigenvalue weighted by Gasteiger charge is 2.30. The second-order valence-corrected chi connectivity index (χ2v) is 5.96. The van der Waals surface area contributed by atoms with Gasteiger partial charge in [-0.3, -0.25) is 4.68 Å². The van der Waals surface area contributed by atoms with Crippen LogP contribution >= 0.6 is 0 Å². The van der Waals surface area contributed by atoms with Crippen molar-refractivity contribution >= 4 is 0 Å². The molecule has 3 rings (SSSR count). The van der Waals surface area contributed by atoms with Crippen molar-refractivity contribution in [2.75, 3.05) is 0 Å². The summed E-state index contributed by atoms with van der Waals surface area (Å²) in [5.41, 5.74) is 4.02. The quantitative estimate of drug-likeness (QED) is 0.874. The number of rotatable bonds is 6. The summed E-state index contributed by atoms with van der Waals surface area (Å²) in [6, 6.07) is 11.6. The number of hydrogen-bond acceptors (Lipinski definition) is 2. The Morgan fingerprint density at radius 3 is 2.60 bits per heavy atom. The van der Waals surface area contributed by atoms with Crippen molar-refractivity contribution in [3.8, 4) is 0 Å². The van der Waals surface area contributed by atoms with Crippen LogP contribution < -0.4 is 5.32 Å². The summed E-state index contributed by atoms with van der Waals surface area (Å²) in [7, 11) is 2.00. The lowest BCUT2D eigenvalue weighted by Crippen LogP contribution is -2.33. The first-order valence-electron chi connectivity index (χ1n) is 7.48. The molecule has 0 radical (unpaired) electrons. The van der Waals surface area contributed by atoms with Crippen LogP contribution in [0.15, 0.2) is 36.5 Å². The largest absolute Gasteiger partial charge is 0.308 e. The molecule has 0 unspecified atom stereocenters. The molecule has 106 valence electrons. The third-order valence-corrected chi connectivity index (χ3v) is 4.24. The maximum Gasteiger partial charge on any atom is 0.0518 e. The number of nitrogens with one attached hydrogen (secondary N) is 1. The van der Waals surface area contributed by atoms with Gasteiger partial charge in [0.05, 0.1) is 5.69 Å². The van der Waals surface area contributed by atoms with Gasteiger partial charge in [0.25, 0.3) is 0 Å². The summed E-state index contributed by atoms with van der Waals surface area (Å²) in [5, 5.41) is 7.95. The zero-order chi connectivity index (χ0) is 13.9. The van der Waals surface area contributed by atoms with E-state index < -0.39 is 0 Å². The fourth-order valence-corrected chi connectivity index (χ4v) is 2.69. The molecule has 0 spiro atoms. The predicted octanol–water partition coefficient (Wildman–Crippen LogP) is 2.84. The van der Waals surface area contributed by atoms with E-state index in [0.29, 0.717) is 6.04 Å². The van der Waals surface area contributed by atoms with Crippen molar-refractivity contribution in [2.24, 2.45) is 13.0 Å². The Hall–Kier alpha value is -1.61. The Bertz CT molecular complexity index is 552. The summed E-state index contributed by atoms with van der Waals surface area (Å²) in [4.78, 5) is 0. The topological polar surface area (TPSA) is 29.9 Å². The standard InChI is InChI=1S/C17H23N3/c1-13-3-5-14(6-4-13)11-17(15-7-8-15)18-12-16-9-10-19-20(16)2/h3-6,9-10,15,17-18H,7-8,11-12H2,1-2H3/t17-/m1/s1. The van der Waals surface area contributed by atoms with Crippen molar-refractivity contribution in [1.29, 1.82) is 0 Å². The Morgan fingerprint density at radius 2 is 2.00 bits per heavy atom. The van der Waals surface area contributed by atoms with Crippen LogP contribution in [0.1, 0.15) is 29.7 Å². The van der Waals surface area contributed by atoms with Gasteiger partial charge in [0.15, 0.2) is 0 Å². The predicted molar refractivity (Wildman–Crippen MR) is 81.4 cm³/mol. The average molecular weight is 269 g/mol. The number of aryl methyl sites for hydroxylation is 2. The zero-order valence-corrected chi connectivity index (χ0v) is 12.3. The third-order valence-electron chi connectivity index (χ3n) is 4.24. The molecule has 20 heavy (non-hydrogen) atoms. The minimum Gasteiger partial charge on any atom is -0.308 e. The van der Waals surface area contributed by atoms with E-state index in [1.54, 1.807) is 0 Å². The molecule has 1 N–H and O–H groups in total. The number of aromatic nitrogens is 2. The van der Waals surface area contributed by atoms with Gasteiger partial charge in [-0.05, 0) is 43.7 Å². The molecule has 1 fully saturated rings. The third kappa shape index (κ3) is 3.28. The van der Waals surface area contributed by atoms with Gasteiger partial charge in [-0.25, -0.2) is 0 Å². The lowest BCUT2D eigenvalue weighted by molar-refractivity contribution is 0.449. The second kappa shape index (κ2) is 5.80. The number of hydrogen-bond donors (Lipinski definition) is 1. The molecule has 1 heterocycles. The average Bonchev–Trinajstić information content (AvgIpc) is 3.21. The van der Waals surface area contributed by atoms with E-state index in [4.69, 9.17) is 0 Å². The molecule has 3 nitrogen and oxygen atoms in total. The van der Waals surface area contributed by atoms with Crippen LogP contribution in [-0.4, -0.2) is 15.8 Å². The van der Waals surface area contributed by atoms with Crippen LogP contribution in [0, 0.1) is 12.8 Å². The first kappa shape index (κ1) is 13.4. The van der Waals surface area contributed by atoms with Crippen LogP contribution in [0.25, 0.3) is 0 Å². The molecular weight excluding hydrogens is 246 g/mol. The van der Waals surface area contributed by atoms with Gasteiger partial charge >= 0.3 is 0 Å². The molecule has 0 aliphatic heterocycles. The highest BCUT2D eigenvalue weighted by atomic mass is 15.3. The van der Waals surface area contributed by atoms with E-state index in [0.717, 1.165) is 18.9 Å². The highest BCUT2D eigenvalue weighted by molar-refractivity contribution is 5.22. The van der Waals surface area contributed by atoms with E-state index in [2.05, 4.69) is 47.7 Å². The van der Waals surface area contributed by atoms with Crippen LogP contribution in [0.4, 0.5) is 0 Å². The number of nitrogens with zero attached hydrogens (tertiary/aromatic N) is 2. The maximum atomic E-state index is 4.23. The summed E-state index contributed by atoms with van der Waals surface area (Å²) >= 11 is 0. The second-order valence-electron chi connectivity index (χ2n) is 5.96. The SMILES string of the molecule is Cc1ccc(C[C@@H](NCc2ccnn2C)C2CC2)cc1. The molecule has 3 heteroatoms. The smallest absolute Gasteiger partial charge is 0.0518 e. The van der Waals surface area contributed by atoms with Gasteiger partial charge < -0.3 is 5.32 Å². The Morgan fingerprint density at radius 1 is 1.25 bits per heavy atom. The van der Waals surface area contributed by atoms with E-state index >= 15 is 0 Å². The summed E-state index contributed by atoms with van der Waals surface area (Å²) < 4.78 is 1.95. The van der Waals surface area contributed by atoms with E-state index in [1.807, 2.05) is 17.9 Å². The highest BCUT2D eigenvalue weighted by Crippen LogP contribution is 2.34. The summed E-state index contributed by atoms with van der Waals surface area (Å²) in [6.45, 7) is 3.05. The van der Waals surface area contributed by atoms with Crippen LogP contribution in [0.2, 0.25) is 0 Å². The Balaban J connectivity index is 1.61. The summed E-state index contributed by atoms with van der Waals surface area (Å²) in [5.74, 6) is 0.851. The minimum absolute atomic E-state index is 0.590. The van der Waals surface area contributed by atoms with E-state index in [9.17, 15) is 0 Å². The molecule has 0 bridgehead atoms. The fraction of sp³-hybridized carbons (Fsp3) is 0.471. The fourth-order valence-electron chi connectivity index (χ4n) is 2.69. The van der Waals surface area contributed by atoms with Gasteiger partial charge in [0, 0.05) is 25.8 Å². The first-order chi connectivity index (χ1) is 9.72. The molecule has 1 aliphatic rings. The van der Waals surface area contributed by atoms with Gasteiger partial charge in [0.2, 0.25) is 0 Å². The molecule has 2 aromatic rings. The molecule has 0 amide bonds. The van der Waals surface area contributed by atoms with Gasteiger partial charge in [-0.1, -0.05) is 29.8 Å². The Labute approximate surface area is 121 Å². The lowest BCUT2D eigenvalue weighted by atomic mass is 10.0. The minimum atomic E-state index is 0.590. The van der Waals surface area contributed by atoms with Crippen molar-refractivity contribution in [1.82, 2.24) is 15.1 Å². The molecular formula is C17H23N3. The maximum absolute atomic E-state index is 4.23. The van der Waals surface area contributed by atoms with Crippen molar-refractivity contribution in [3.63, 3.8) is 0 Å². The first-order valence-corrected chi connectivity index (χ1v) is 7.48. The normalized spacial score (nSPS) is 16.3. The van der Waals surface area contributed by atoms with Gasteiger partial charge in [-0.15, -0.1) is 0 Å². The van der Waals surface area contributed by atoms with Crippen LogP contribution in [0.3, 0.4) is 0 Å². The van der Waals surface area contributed by atoms with Crippen LogP contribution in [0.5, 0.6) is 0 Å². The van der Waals surface area contributed by atoms with Crippen molar-refractivity contribution in [3.05, 3.63) is 53.3 Å². The molecule has 1 atom stereocenters. The molecule has 0 saturated heterocycles.